The van der Waals surface area contributed by atoms with Crippen LogP contribution in [0.25, 0.3) is 6.08 Å². The fourth-order valence-electron chi connectivity index (χ4n) is 4.64. The quantitative estimate of drug-likeness (QED) is 0.698. The summed E-state index contributed by atoms with van der Waals surface area (Å²) in [6.45, 7) is 4.17. The van der Waals surface area contributed by atoms with E-state index in [-0.39, 0.29) is 5.91 Å². The minimum atomic E-state index is 0.187. The third-order valence-corrected chi connectivity index (χ3v) is 6.48. The summed E-state index contributed by atoms with van der Waals surface area (Å²) >= 11 is 0. The van der Waals surface area contributed by atoms with Crippen molar-refractivity contribution in [3.8, 4) is 5.75 Å². The standard InChI is InChI=1S/C26H32N2O2/c1-27(26(29)24-17-22-7-3-4-8-23(22)18-24)19-21-11-14-28(15-12-21)13-10-20-6-5-9-25(16-20)30-2/h3-9,16-17,21H,10-15,18-19H2,1-2H3. The van der Waals surface area contributed by atoms with Gasteiger partial charge in [0.1, 0.15) is 5.75 Å². The van der Waals surface area contributed by atoms with E-state index in [9.17, 15) is 4.79 Å². The van der Waals surface area contributed by atoms with E-state index in [1.54, 1.807) is 7.11 Å². The number of ether oxygens (including phenoxy) is 1. The molecular formula is C26H32N2O2. The van der Waals surface area contributed by atoms with Gasteiger partial charge >= 0.3 is 0 Å². The molecule has 2 aliphatic rings. The molecule has 1 aliphatic carbocycles. The van der Waals surface area contributed by atoms with Crippen LogP contribution in [0.3, 0.4) is 0 Å². The Hall–Kier alpha value is -2.59. The first kappa shape index (κ1) is 20.7. The summed E-state index contributed by atoms with van der Waals surface area (Å²) in [6, 6.07) is 16.7. The Morgan fingerprint density at radius 2 is 1.93 bits per heavy atom. The van der Waals surface area contributed by atoms with E-state index in [2.05, 4.69) is 41.3 Å². The van der Waals surface area contributed by atoms with E-state index in [4.69, 9.17) is 4.74 Å². The molecular weight excluding hydrogens is 372 g/mol. The molecule has 1 amide bonds. The molecule has 4 nitrogen and oxygen atoms in total. The minimum Gasteiger partial charge on any atom is -0.497 e. The number of benzene rings is 2. The number of likely N-dealkylation sites (tertiary alicyclic amines) is 1. The van der Waals surface area contributed by atoms with Crippen molar-refractivity contribution in [2.75, 3.05) is 40.3 Å². The second-order valence-electron chi connectivity index (χ2n) is 8.62. The van der Waals surface area contributed by atoms with Gasteiger partial charge in [0.05, 0.1) is 7.11 Å². The Morgan fingerprint density at radius 1 is 1.13 bits per heavy atom. The lowest BCUT2D eigenvalue weighted by molar-refractivity contribution is -0.126. The van der Waals surface area contributed by atoms with Crippen molar-refractivity contribution in [1.29, 1.82) is 0 Å². The number of carbonyl (C=O) groups is 1. The van der Waals surface area contributed by atoms with Crippen molar-refractivity contribution < 1.29 is 9.53 Å². The van der Waals surface area contributed by atoms with Gasteiger partial charge in [-0.05, 0) is 73.2 Å². The average molecular weight is 405 g/mol. The van der Waals surface area contributed by atoms with Gasteiger partial charge in [-0.1, -0.05) is 36.4 Å². The number of piperidine rings is 1. The van der Waals surface area contributed by atoms with Gasteiger partial charge in [-0.2, -0.15) is 0 Å². The zero-order valence-corrected chi connectivity index (χ0v) is 18.1. The van der Waals surface area contributed by atoms with Crippen molar-refractivity contribution in [2.45, 2.75) is 25.7 Å². The maximum absolute atomic E-state index is 12.9. The predicted molar refractivity (Wildman–Crippen MR) is 122 cm³/mol. The largest absolute Gasteiger partial charge is 0.497 e. The lowest BCUT2D eigenvalue weighted by Crippen LogP contribution is -2.40. The first-order valence-electron chi connectivity index (χ1n) is 11.0. The monoisotopic (exact) mass is 404 g/mol. The molecule has 158 valence electrons. The SMILES string of the molecule is COc1cccc(CCN2CCC(CN(C)C(=O)C3=Cc4ccccc4C3)CC2)c1. The highest BCUT2D eigenvalue weighted by molar-refractivity contribution is 6.00. The van der Waals surface area contributed by atoms with Crippen LogP contribution in [0.1, 0.15) is 29.5 Å². The van der Waals surface area contributed by atoms with E-state index in [1.165, 1.54) is 16.7 Å². The summed E-state index contributed by atoms with van der Waals surface area (Å²) in [5.41, 5.74) is 4.71. The van der Waals surface area contributed by atoms with E-state index >= 15 is 0 Å². The number of fused-ring (bicyclic) bond motifs is 1. The Bertz CT molecular complexity index is 913. The molecule has 1 fully saturated rings. The Balaban J connectivity index is 1.21. The van der Waals surface area contributed by atoms with Crippen LogP contribution in [0, 0.1) is 5.92 Å². The Kier molecular flexibility index (Phi) is 6.53. The molecule has 1 heterocycles. The van der Waals surface area contributed by atoms with Crippen LogP contribution in [0.15, 0.2) is 54.1 Å². The van der Waals surface area contributed by atoms with Gasteiger partial charge in [-0.3, -0.25) is 4.79 Å². The smallest absolute Gasteiger partial charge is 0.249 e. The number of nitrogens with zero attached hydrogens (tertiary/aromatic N) is 2. The summed E-state index contributed by atoms with van der Waals surface area (Å²) < 4.78 is 5.32. The fourth-order valence-corrected chi connectivity index (χ4v) is 4.64. The summed E-state index contributed by atoms with van der Waals surface area (Å²) in [5.74, 6) is 1.71. The van der Waals surface area contributed by atoms with Crippen LogP contribution in [-0.2, 0) is 17.6 Å². The maximum Gasteiger partial charge on any atom is 0.249 e. The highest BCUT2D eigenvalue weighted by atomic mass is 16.5. The molecule has 0 radical (unpaired) electrons. The van der Waals surface area contributed by atoms with Crippen LogP contribution >= 0.6 is 0 Å². The topological polar surface area (TPSA) is 32.8 Å². The minimum absolute atomic E-state index is 0.187. The molecule has 4 rings (SSSR count). The zero-order chi connectivity index (χ0) is 20.9. The fraction of sp³-hybridized carbons (Fsp3) is 0.423. The molecule has 30 heavy (non-hydrogen) atoms. The van der Waals surface area contributed by atoms with Crippen LogP contribution in [-0.4, -0.2) is 56.0 Å². The Labute approximate surface area is 180 Å². The highest BCUT2D eigenvalue weighted by Gasteiger charge is 2.25. The van der Waals surface area contributed by atoms with Crippen LogP contribution in [0.2, 0.25) is 0 Å². The van der Waals surface area contributed by atoms with Crippen molar-refractivity contribution >= 4 is 12.0 Å². The molecule has 0 N–H and O–H groups in total. The van der Waals surface area contributed by atoms with Crippen molar-refractivity contribution in [1.82, 2.24) is 9.80 Å². The Morgan fingerprint density at radius 3 is 2.70 bits per heavy atom. The van der Waals surface area contributed by atoms with Crippen molar-refractivity contribution in [3.63, 3.8) is 0 Å². The zero-order valence-electron chi connectivity index (χ0n) is 18.1. The molecule has 0 bridgehead atoms. The molecule has 2 aromatic carbocycles. The van der Waals surface area contributed by atoms with Gasteiger partial charge in [0.15, 0.2) is 0 Å². The predicted octanol–water partition coefficient (Wildman–Crippen LogP) is 4.05. The molecule has 0 unspecified atom stereocenters. The third kappa shape index (κ3) is 4.93. The third-order valence-electron chi connectivity index (χ3n) is 6.48. The van der Waals surface area contributed by atoms with E-state index in [0.29, 0.717) is 5.92 Å². The normalized spacial score (nSPS) is 16.8. The molecule has 0 spiro atoms. The highest BCUT2D eigenvalue weighted by Crippen LogP contribution is 2.26. The van der Waals surface area contributed by atoms with Gasteiger partial charge in [0.2, 0.25) is 5.91 Å². The molecule has 0 atom stereocenters. The van der Waals surface area contributed by atoms with Gasteiger partial charge < -0.3 is 14.5 Å². The van der Waals surface area contributed by atoms with E-state index in [1.807, 2.05) is 30.1 Å². The summed E-state index contributed by atoms with van der Waals surface area (Å²) in [7, 11) is 3.68. The molecule has 0 saturated carbocycles. The van der Waals surface area contributed by atoms with Crippen LogP contribution in [0.5, 0.6) is 5.75 Å². The number of amides is 1. The second-order valence-corrected chi connectivity index (χ2v) is 8.62. The molecule has 0 aromatic heterocycles. The van der Waals surface area contributed by atoms with Crippen LogP contribution < -0.4 is 4.74 Å². The van der Waals surface area contributed by atoms with Gasteiger partial charge in [0.25, 0.3) is 0 Å². The number of carbonyl (C=O) groups excluding carboxylic acids is 1. The summed E-state index contributed by atoms with van der Waals surface area (Å²) in [4.78, 5) is 17.4. The lowest BCUT2D eigenvalue weighted by Gasteiger charge is -2.34. The summed E-state index contributed by atoms with van der Waals surface area (Å²) in [5, 5.41) is 0. The number of rotatable bonds is 7. The van der Waals surface area contributed by atoms with Gasteiger partial charge in [0, 0.05) is 32.1 Å². The van der Waals surface area contributed by atoms with Crippen molar-refractivity contribution in [3.05, 3.63) is 70.8 Å². The van der Waals surface area contributed by atoms with E-state index < -0.39 is 0 Å². The average Bonchev–Trinajstić information content (AvgIpc) is 3.22. The van der Waals surface area contributed by atoms with Crippen molar-refractivity contribution in [2.24, 2.45) is 5.92 Å². The number of hydrogen-bond acceptors (Lipinski definition) is 3. The lowest BCUT2D eigenvalue weighted by atomic mass is 9.95. The molecule has 1 aliphatic heterocycles. The first-order valence-corrected chi connectivity index (χ1v) is 11.0. The molecule has 2 aromatic rings. The number of methoxy groups -OCH3 is 1. The molecule has 4 heteroatoms. The maximum atomic E-state index is 12.9. The summed E-state index contributed by atoms with van der Waals surface area (Å²) in [6.07, 6.45) is 6.20. The van der Waals surface area contributed by atoms with E-state index in [0.717, 1.165) is 63.2 Å². The second kappa shape index (κ2) is 9.48. The van der Waals surface area contributed by atoms with Gasteiger partial charge in [-0.15, -0.1) is 0 Å². The van der Waals surface area contributed by atoms with Gasteiger partial charge in [-0.25, -0.2) is 0 Å². The number of likely N-dealkylation sites (N-methyl/N-ethyl adjacent to an activating group) is 1. The molecule has 1 saturated heterocycles. The van der Waals surface area contributed by atoms with Crippen LogP contribution in [0.4, 0.5) is 0 Å². The first-order chi connectivity index (χ1) is 14.6. The number of hydrogen-bond donors (Lipinski definition) is 0.